The fourth-order valence-corrected chi connectivity index (χ4v) is 4.11. The van der Waals surface area contributed by atoms with Crippen molar-refractivity contribution in [1.29, 1.82) is 0 Å². The number of nitrogens with zero attached hydrogens (tertiary/aromatic N) is 1. The Kier molecular flexibility index (Phi) is 7.10. The third-order valence-corrected chi connectivity index (χ3v) is 6.37. The number of ether oxygens (including phenoxy) is 1. The van der Waals surface area contributed by atoms with Gasteiger partial charge in [0.05, 0.1) is 4.92 Å². The Morgan fingerprint density at radius 1 is 1.21 bits per heavy atom. The van der Waals surface area contributed by atoms with Crippen LogP contribution >= 0.6 is 0 Å². The molecule has 0 radical (unpaired) electrons. The van der Waals surface area contributed by atoms with Gasteiger partial charge in [0.1, 0.15) is 16.9 Å². The van der Waals surface area contributed by atoms with Crippen LogP contribution in [-0.2, 0) is 26.2 Å². The predicted octanol–water partition coefficient (Wildman–Crippen LogP) is 4.20. The van der Waals surface area contributed by atoms with E-state index in [1.54, 1.807) is 57.2 Å². The molecule has 0 spiro atoms. The molecule has 34 heavy (non-hydrogen) atoms. The van der Waals surface area contributed by atoms with Crippen LogP contribution < -0.4 is 5.32 Å². The zero-order chi connectivity index (χ0) is 25.3. The molecule has 0 amide bonds. The summed E-state index contributed by atoms with van der Waals surface area (Å²) in [6, 6.07) is 11.7. The van der Waals surface area contributed by atoms with Crippen molar-refractivity contribution in [2.45, 2.75) is 51.1 Å². The van der Waals surface area contributed by atoms with Crippen LogP contribution in [0, 0.1) is 10.1 Å². The number of hydrogen-bond acceptors (Lipinski definition) is 7. The first-order valence-electron chi connectivity index (χ1n) is 10.5. The van der Waals surface area contributed by atoms with Crippen molar-refractivity contribution in [1.82, 2.24) is 10.3 Å². The second-order valence-electron chi connectivity index (χ2n) is 8.96. The van der Waals surface area contributed by atoms with Crippen LogP contribution in [0.5, 0.6) is 0 Å². The predicted molar refractivity (Wildman–Crippen MR) is 127 cm³/mol. The van der Waals surface area contributed by atoms with Gasteiger partial charge in [-0.1, -0.05) is 24.3 Å². The molecule has 0 aliphatic heterocycles. The molecule has 1 unspecified atom stereocenters. The van der Waals surface area contributed by atoms with Gasteiger partial charge in [-0.25, -0.2) is 4.79 Å². The van der Waals surface area contributed by atoms with Gasteiger partial charge in [-0.05, 0) is 51.0 Å². The van der Waals surface area contributed by atoms with E-state index in [0.717, 1.165) is 0 Å². The van der Waals surface area contributed by atoms with E-state index in [9.17, 15) is 27.9 Å². The van der Waals surface area contributed by atoms with Gasteiger partial charge in [-0.3, -0.25) is 20.0 Å². The highest BCUT2D eigenvalue weighted by Gasteiger charge is 2.29. The van der Waals surface area contributed by atoms with E-state index in [1.807, 2.05) is 0 Å². The van der Waals surface area contributed by atoms with Gasteiger partial charge in [0, 0.05) is 35.3 Å². The number of nitrogens with one attached hydrogen (secondary N) is 2. The van der Waals surface area contributed by atoms with Crippen molar-refractivity contribution >= 4 is 32.7 Å². The number of nitro benzene ring substituents is 1. The van der Waals surface area contributed by atoms with E-state index >= 15 is 0 Å². The van der Waals surface area contributed by atoms with Gasteiger partial charge in [-0.15, -0.1) is 0 Å². The van der Waals surface area contributed by atoms with E-state index in [0.29, 0.717) is 27.7 Å². The lowest BCUT2D eigenvalue weighted by Crippen LogP contribution is -2.35. The number of esters is 1. The van der Waals surface area contributed by atoms with Gasteiger partial charge >= 0.3 is 5.97 Å². The summed E-state index contributed by atoms with van der Waals surface area (Å²) < 4.78 is 38.5. The number of carbonyl (C=O) groups excluding carboxylic acids is 1. The summed E-state index contributed by atoms with van der Waals surface area (Å²) in [6.45, 7) is 6.68. The molecule has 0 saturated carbocycles. The largest absolute Gasteiger partial charge is 0.459 e. The number of carbonyl (C=O) groups is 1. The molecular weight excluding hydrogens is 462 g/mol. The fourth-order valence-electron chi connectivity index (χ4n) is 3.56. The number of rotatable bonds is 8. The number of fused-ring (bicyclic) bond motifs is 1. The highest BCUT2D eigenvalue weighted by Crippen LogP contribution is 2.28. The Bertz CT molecular complexity index is 1330. The first-order valence-corrected chi connectivity index (χ1v) is 12.0. The summed E-state index contributed by atoms with van der Waals surface area (Å²) in [4.78, 5) is 26.8. The number of nitro groups is 1. The Morgan fingerprint density at radius 2 is 1.88 bits per heavy atom. The van der Waals surface area contributed by atoms with E-state index in [-0.39, 0.29) is 12.2 Å². The van der Waals surface area contributed by atoms with Gasteiger partial charge in [0.2, 0.25) is 0 Å². The average Bonchev–Trinajstić information content (AvgIpc) is 3.14. The van der Waals surface area contributed by atoms with Crippen LogP contribution in [0.25, 0.3) is 10.9 Å². The molecule has 1 heterocycles. The molecule has 3 aromatic rings. The standard InChI is InChI=1S/C23H27N3O7S/c1-14(34(30,31)32)18-8-6-5-7-15(18)13-24-21(22(27)33-23(2,3)4)20-12-16-11-17(26(28)29)9-10-19(16)25-20/h5-12,14,21,24-25H,13H2,1-4H3,(H,30,31,32)/t14?,21-/m0/s1. The summed E-state index contributed by atoms with van der Waals surface area (Å²) in [5.41, 5.74) is 1.18. The van der Waals surface area contributed by atoms with Gasteiger partial charge < -0.3 is 9.72 Å². The topological polar surface area (TPSA) is 152 Å². The summed E-state index contributed by atoms with van der Waals surface area (Å²) in [6.07, 6.45) is 0. The van der Waals surface area contributed by atoms with Gasteiger partial charge in [0.25, 0.3) is 15.8 Å². The summed E-state index contributed by atoms with van der Waals surface area (Å²) in [5, 5.41) is 13.6. The molecule has 2 aromatic carbocycles. The van der Waals surface area contributed by atoms with E-state index in [4.69, 9.17) is 4.74 Å². The number of aromatic nitrogens is 1. The third-order valence-electron chi connectivity index (χ3n) is 5.23. The maximum absolute atomic E-state index is 13.1. The molecule has 3 rings (SSSR count). The second-order valence-corrected chi connectivity index (χ2v) is 10.7. The van der Waals surface area contributed by atoms with Crippen LogP contribution in [0.3, 0.4) is 0 Å². The van der Waals surface area contributed by atoms with Gasteiger partial charge in [0.15, 0.2) is 0 Å². The van der Waals surface area contributed by atoms with Crippen molar-refractivity contribution < 1.29 is 27.4 Å². The van der Waals surface area contributed by atoms with E-state index in [1.165, 1.54) is 19.1 Å². The minimum absolute atomic E-state index is 0.0760. The molecule has 10 nitrogen and oxygen atoms in total. The van der Waals surface area contributed by atoms with Crippen molar-refractivity contribution in [3.63, 3.8) is 0 Å². The second kappa shape index (κ2) is 9.53. The molecule has 0 bridgehead atoms. The molecule has 3 N–H and O–H groups in total. The lowest BCUT2D eigenvalue weighted by molar-refractivity contribution is -0.384. The zero-order valence-corrected chi connectivity index (χ0v) is 20.0. The quantitative estimate of drug-likeness (QED) is 0.184. The van der Waals surface area contributed by atoms with Crippen LogP contribution in [0.4, 0.5) is 5.69 Å². The molecule has 0 saturated heterocycles. The van der Waals surface area contributed by atoms with E-state index in [2.05, 4.69) is 10.3 Å². The first-order chi connectivity index (χ1) is 15.8. The summed E-state index contributed by atoms with van der Waals surface area (Å²) in [5.74, 6) is -0.575. The third kappa shape index (κ3) is 5.99. The number of benzene rings is 2. The maximum atomic E-state index is 13.1. The van der Waals surface area contributed by atoms with Crippen molar-refractivity contribution in [2.24, 2.45) is 0 Å². The highest BCUT2D eigenvalue weighted by molar-refractivity contribution is 7.86. The molecule has 0 aliphatic rings. The monoisotopic (exact) mass is 489 g/mol. The molecule has 182 valence electrons. The number of non-ortho nitro benzene ring substituents is 1. The first kappa shape index (κ1) is 25.3. The maximum Gasteiger partial charge on any atom is 0.329 e. The lowest BCUT2D eigenvalue weighted by Gasteiger charge is -2.25. The summed E-state index contributed by atoms with van der Waals surface area (Å²) in [7, 11) is -4.32. The minimum Gasteiger partial charge on any atom is -0.459 e. The molecule has 2 atom stereocenters. The van der Waals surface area contributed by atoms with Crippen LogP contribution in [0.2, 0.25) is 0 Å². The van der Waals surface area contributed by atoms with Crippen molar-refractivity contribution in [3.05, 3.63) is 75.5 Å². The minimum atomic E-state index is -4.32. The Labute approximate surface area is 197 Å². The average molecular weight is 490 g/mol. The lowest BCUT2D eigenvalue weighted by atomic mass is 10.0. The van der Waals surface area contributed by atoms with Crippen LogP contribution in [0.1, 0.15) is 55.8 Å². The fraction of sp³-hybridized carbons (Fsp3) is 0.348. The SMILES string of the molecule is CC(c1ccccc1CN[C@H](C(=O)OC(C)(C)C)c1cc2cc([N+](=O)[O-])ccc2[nH]1)S(=O)(=O)O. The number of H-pyrrole nitrogens is 1. The van der Waals surface area contributed by atoms with Crippen molar-refractivity contribution in [2.75, 3.05) is 0 Å². The Balaban J connectivity index is 1.97. The highest BCUT2D eigenvalue weighted by atomic mass is 32.2. The van der Waals surface area contributed by atoms with Crippen LogP contribution in [0.15, 0.2) is 48.5 Å². The molecule has 11 heteroatoms. The summed E-state index contributed by atoms with van der Waals surface area (Å²) >= 11 is 0. The normalized spacial score (nSPS) is 14.0. The number of aromatic amines is 1. The van der Waals surface area contributed by atoms with Crippen LogP contribution in [-0.4, -0.2) is 34.4 Å². The Morgan fingerprint density at radius 3 is 2.50 bits per heavy atom. The Hall–Kier alpha value is -3.28. The molecule has 0 fully saturated rings. The smallest absolute Gasteiger partial charge is 0.329 e. The molecule has 1 aromatic heterocycles. The molecular formula is C23H27N3O7S. The van der Waals surface area contributed by atoms with Crippen molar-refractivity contribution in [3.8, 4) is 0 Å². The molecule has 0 aliphatic carbocycles. The van der Waals surface area contributed by atoms with E-state index < -0.39 is 37.9 Å². The number of hydrogen-bond donors (Lipinski definition) is 3. The zero-order valence-electron chi connectivity index (χ0n) is 19.2. The van der Waals surface area contributed by atoms with Gasteiger partial charge in [-0.2, -0.15) is 8.42 Å².